The minimum absolute atomic E-state index is 0.0343. The van der Waals surface area contributed by atoms with Gasteiger partial charge in [0.05, 0.1) is 6.61 Å². The first-order valence-electron chi connectivity index (χ1n) is 7.45. The van der Waals surface area contributed by atoms with E-state index in [-0.39, 0.29) is 11.3 Å². The number of hydrogen-bond donors (Lipinski definition) is 1. The maximum Gasteiger partial charge on any atom is 0.317 e. The number of halogens is 1. The lowest BCUT2D eigenvalue weighted by Crippen LogP contribution is -2.41. The normalized spacial score (nSPS) is 19.0. The van der Waals surface area contributed by atoms with Crippen LogP contribution in [0.15, 0.2) is 24.3 Å². The number of ether oxygens (including phenoxy) is 1. The molecule has 4 nitrogen and oxygen atoms in total. The average molecular weight is 343 g/mol. The first-order chi connectivity index (χ1) is 10.6. The van der Waals surface area contributed by atoms with E-state index < -0.39 is 0 Å². The molecule has 0 aliphatic carbocycles. The number of nitrogens with zero attached hydrogens (tertiary/aromatic N) is 1. The van der Waals surface area contributed by atoms with Crippen molar-refractivity contribution in [3.8, 4) is 0 Å². The van der Waals surface area contributed by atoms with E-state index in [1.807, 2.05) is 37.6 Å². The lowest BCUT2D eigenvalue weighted by atomic mass is 10.1. The van der Waals surface area contributed by atoms with Crippen LogP contribution in [0, 0.1) is 5.92 Å². The van der Waals surface area contributed by atoms with Crippen molar-refractivity contribution in [1.82, 2.24) is 10.2 Å². The van der Waals surface area contributed by atoms with Crippen molar-refractivity contribution in [2.45, 2.75) is 11.7 Å². The number of thioether (sulfide) groups is 1. The molecule has 0 spiro atoms. The van der Waals surface area contributed by atoms with Gasteiger partial charge in [0, 0.05) is 42.9 Å². The molecule has 1 aliphatic heterocycles. The number of rotatable bonds is 6. The Balaban J connectivity index is 1.82. The van der Waals surface area contributed by atoms with Crippen LogP contribution in [-0.4, -0.2) is 50.5 Å². The van der Waals surface area contributed by atoms with Gasteiger partial charge in [-0.2, -0.15) is 11.8 Å². The summed E-state index contributed by atoms with van der Waals surface area (Å²) in [5.74, 6) is 0.458. The third-order valence-corrected chi connectivity index (χ3v) is 5.09. The second-order valence-corrected chi connectivity index (χ2v) is 7.05. The third kappa shape index (κ3) is 5.07. The molecule has 1 aromatic rings. The highest BCUT2D eigenvalue weighted by molar-refractivity contribution is 7.98. The number of urea groups is 1. The first-order valence-corrected chi connectivity index (χ1v) is 9.11. The van der Waals surface area contributed by atoms with Crippen LogP contribution in [0.1, 0.15) is 17.2 Å². The van der Waals surface area contributed by atoms with Gasteiger partial charge in [-0.15, -0.1) is 0 Å². The Bertz CT molecular complexity index is 495. The van der Waals surface area contributed by atoms with Crippen LogP contribution < -0.4 is 5.32 Å². The SMILES string of the molecule is CS[C@H](CNC(=O)N(C)C[C@@H]1CCOC1)c1cccc(Cl)c1. The number of carbonyl (C=O) groups excluding carboxylic acids is 1. The molecule has 2 rings (SSSR count). The number of nitrogens with one attached hydrogen (secondary N) is 1. The van der Waals surface area contributed by atoms with Gasteiger partial charge in [-0.25, -0.2) is 4.79 Å². The summed E-state index contributed by atoms with van der Waals surface area (Å²) in [6.45, 7) is 2.90. The van der Waals surface area contributed by atoms with Gasteiger partial charge in [0.1, 0.15) is 0 Å². The molecule has 0 unspecified atom stereocenters. The molecular weight excluding hydrogens is 320 g/mol. The summed E-state index contributed by atoms with van der Waals surface area (Å²) in [5.41, 5.74) is 1.13. The molecule has 1 saturated heterocycles. The largest absolute Gasteiger partial charge is 0.381 e. The summed E-state index contributed by atoms with van der Waals surface area (Å²) in [6.07, 6.45) is 3.07. The van der Waals surface area contributed by atoms with Crippen molar-refractivity contribution < 1.29 is 9.53 Å². The first kappa shape index (κ1) is 17.4. The molecule has 0 saturated carbocycles. The van der Waals surface area contributed by atoms with Crippen LogP contribution in [-0.2, 0) is 4.74 Å². The van der Waals surface area contributed by atoms with Gasteiger partial charge < -0.3 is 15.0 Å². The molecular formula is C16H23ClN2O2S. The van der Waals surface area contributed by atoms with Gasteiger partial charge in [-0.1, -0.05) is 23.7 Å². The van der Waals surface area contributed by atoms with Gasteiger partial charge in [0.15, 0.2) is 0 Å². The minimum atomic E-state index is -0.0343. The van der Waals surface area contributed by atoms with Crippen molar-refractivity contribution in [3.05, 3.63) is 34.9 Å². The average Bonchev–Trinajstić information content (AvgIpc) is 3.00. The van der Waals surface area contributed by atoms with Gasteiger partial charge in [0.25, 0.3) is 0 Å². The van der Waals surface area contributed by atoms with Crippen LogP contribution in [0.25, 0.3) is 0 Å². The molecule has 1 aliphatic rings. The van der Waals surface area contributed by atoms with Gasteiger partial charge >= 0.3 is 6.03 Å². The summed E-state index contributed by atoms with van der Waals surface area (Å²) >= 11 is 7.74. The minimum Gasteiger partial charge on any atom is -0.381 e. The Morgan fingerprint density at radius 1 is 1.59 bits per heavy atom. The standard InChI is InChI=1S/C16H23ClN2O2S/c1-19(10-12-6-7-21-11-12)16(20)18-9-15(22-2)13-4-3-5-14(17)8-13/h3-5,8,12,15H,6-7,9-11H2,1-2H3,(H,18,20)/t12-,15+/m0/s1. The zero-order valence-electron chi connectivity index (χ0n) is 13.0. The highest BCUT2D eigenvalue weighted by atomic mass is 35.5. The van der Waals surface area contributed by atoms with E-state index >= 15 is 0 Å². The molecule has 122 valence electrons. The molecule has 22 heavy (non-hydrogen) atoms. The summed E-state index contributed by atoms with van der Waals surface area (Å²) in [5, 5.41) is 3.93. The molecule has 0 bridgehead atoms. The Hall–Kier alpha value is -0.910. The van der Waals surface area contributed by atoms with Crippen molar-refractivity contribution >= 4 is 29.4 Å². The lowest BCUT2D eigenvalue weighted by Gasteiger charge is -2.23. The molecule has 0 radical (unpaired) electrons. The van der Waals surface area contributed by atoms with Gasteiger partial charge in [-0.05, 0) is 30.4 Å². The van der Waals surface area contributed by atoms with E-state index in [1.54, 1.807) is 16.7 Å². The topological polar surface area (TPSA) is 41.6 Å². The van der Waals surface area contributed by atoms with Crippen LogP contribution in [0.2, 0.25) is 5.02 Å². The van der Waals surface area contributed by atoms with Crippen molar-refractivity contribution in [3.63, 3.8) is 0 Å². The predicted octanol–water partition coefficient (Wildman–Crippen LogP) is 3.42. The fourth-order valence-electron chi connectivity index (χ4n) is 2.56. The van der Waals surface area contributed by atoms with Crippen molar-refractivity contribution in [2.75, 3.05) is 39.6 Å². The van der Waals surface area contributed by atoms with Crippen molar-refractivity contribution in [2.24, 2.45) is 5.92 Å². The van der Waals surface area contributed by atoms with Gasteiger partial charge in [0.2, 0.25) is 0 Å². The van der Waals surface area contributed by atoms with Gasteiger partial charge in [-0.3, -0.25) is 0 Å². The predicted molar refractivity (Wildman–Crippen MR) is 92.7 cm³/mol. The molecule has 1 heterocycles. The third-order valence-electron chi connectivity index (χ3n) is 3.85. The zero-order chi connectivity index (χ0) is 15.9. The number of carbonyl (C=O) groups is 1. The van der Waals surface area contributed by atoms with Crippen LogP contribution in [0.5, 0.6) is 0 Å². The fourth-order valence-corrected chi connectivity index (χ4v) is 3.42. The zero-order valence-corrected chi connectivity index (χ0v) is 14.6. The number of hydrogen-bond acceptors (Lipinski definition) is 3. The van der Waals surface area contributed by atoms with E-state index in [2.05, 4.69) is 5.32 Å². The fraction of sp³-hybridized carbons (Fsp3) is 0.562. The number of benzene rings is 1. The summed E-state index contributed by atoms with van der Waals surface area (Å²) < 4.78 is 5.35. The van der Waals surface area contributed by atoms with Crippen LogP contribution in [0.4, 0.5) is 4.79 Å². The molecule has 2 atom stereocenters. The molecule has 1 N–H and O–H groups in total. The Kier molecular flexibility index (Phi) is 6.86. The molecule has 2 amide bonds. The molecule has 0 aromatic heterocycles. The summed E-state index contributed by atoms with van der Waals surface area (Å²) in [7, 11) is 1.83. The Morgan fingerprint density at radius 2 is 2.41 bits per heavy atom. The number of amides is 2. The monoisotopic (exact) mass is 342 g/mol. The van der Waals surface area contributed by atoms with Crippen molar-refractivity contribution in [1.29, 1.82) is 0 Å². The van der Waals surface area contributed by atoms with E-state index in [0.717, 1.165) is 36.8 Å². The van der Waals surface area contributed by atoms with Crippen LogP contribution >= 0.6 is 23.4 Å². The summed E-state index contributed by atoms with van der Waals surface area (Å²) in [6, 6.07) is 7.76. The summed E-state index contributed by atoms with van der Waals surface area (Å²) in [4.78, 5) is 13.9. The maximum absolute atomic E-state index is 12.2. The quantitative estimate of drug-likeness (QED) is 0.861. The lowest BCUT2D eigenvalue weighted by molar-refractivity contribution is 0.171. The second kappa shape index (κ2) is 8.65. The van der Waals surface area contributed by atoms with E-state index in [9.17, 15) is 4.79 Å². The van der Waals surface area contributed by atoms with Crippen LogP contribution in [0.3, 0.4) is 0 Å². The Morgan fingerprint density at radius 3 is 3.05 bits per heavy atom. The molecule has 6 heteroatoms. The highest BCUT2D eigenvalue weighted by Crippen LogP contribution is 2.27. The Labute approximate surface area is 141 Å². The molecule has 1 aromatic carbocycles. The highest BCUT2D eigenvalue weighted by Gasteiger charge is 2.20. The second-order valence-electron chi connectivity index (χ2n) is 5.58. The maximum atomic E-state index is 12.2. The molecule has 1 fully saturated rings. The van der Waals surface area contributed by atoms with E-state index in [1.165, 1.54) is 0 Å². The smallest absolute Gasteiger partial charge is 0.317 e. The van der Waals surface area contributed by atoms with E-state index in [0.29, 0.717) is 12.5 Å². The van der Waals surface area contributed by atoms with E-state index in [4.69, 9.17) is 16.3 Å².